The van der Waals surface area contributed by atoms with Crippen LogP contribution < -0.4 is 5.73 Å². The SMILES string of the molecule is CSCC(C)n1c(C2CC2)nc2cc(N)ccc21. The Morgan fingerprint density at radius 2 is 2.28 bits per heavy atom. The molecular weight excluding hydrogens is 242 g/mol. The molecule has 96 valence electrons. The number of hydrogen-bond donors (Lipinski definition) is 1. The molecule has 2 N–H and O–H groups in total. The van der Waals surface area contributed by atoms with E-state index in [-0.39, 0.29) is 0 Å². The zero-order valence-electron chi connectivity index (χ0n) is 10.9. The van der Waals surface area contributed by atoms with Gasteiger partial charge in [0.1, 0.15) is 5.82 Å². The maximum absolute atomic E-state index is 5.86. The molecule has 0 amide bonds. The maximum atomic E-state index is 5.86. The van der Waals surface area contributed by atoms with Gasteiger partial charge in [-0.3, -0.25) is 0 Å². The second-order valence-electron chi connectivity index (χ2n) is 5.17. The normalized spacial score (nSPS) is 17.2. The van der Waals surface area contributed by atoms with Gasteiger partial charge in [-0.1, -0.05) is 0 Å². The number of rotatable bonds is 4. The third kappa shape index (κ3) is 1.99. The van der Waals surface area contributed by atoms with Crippen LogP contribution in [0.3, 0.4) is 0 Å². The Hall–Kier alpha value is -1.16. The number of imidazole rings is 1. The fourth-order valence-electron chi connectivity index (χ4n) is 2.54. The summed E-state index contributed by atoms with van der Waals surface area (Å²) in [5, 5.41) is 0. The molecule has 1 heterocycles. The van der Waals surface area contributed by atoms with Gasteiger partial charge in [0.2, 0.25) is 0 Å². The summed E-state index contributed by atoms with van der Waals surface area (Å²) in [6.45, 7) is 2.28. The molecule has 1 aliphatic rings. The molecule has 4 heteroatoms. The van der Waals surface area contributed by atoms with Crippen LogP contribution in [0.15, 0.2) is 18.2 Å². The molecule has 1 aromatic heterocycles. The summed E-state index contributed by atoms with van der Waals surface area (Å²) in [5.74, 6) is 3.05. The first-order chi connectivity index (χ1) is 8.70. The van der Waals surface area contributed by atoms with Gasteiger partial charge >= 0.3 is 0 Å². The van der Waals surface area contributed by atoms with Crippen LogP contribution in [0, 0.1) is 0 Å². The Bertz CT molecular complexity index is 572. The zero-order chi connectivity index (χ0) is 12.7. The van der Waals surface area contributed by atoms with E-state index in [2.05, 4.69) is 23.8 Å². The van der Waals surface area contributed by atoms with Crippen LogP contribution in [-0.4, -0.2) is 21.6 Å². The van der Waals surface area contributed by atoms with Gasteiger partial charge in [0.25, 0.3) is 0 Å². The number of hydrogen-bond acceptors (Lipinski definition) is 3. The van der Waals surface area contributed by atoms with Gasteiger partial charge < -0.3 is 10.3 Å². The Morgan fingerprint density at radius 3 is 2.94 bits per heavy atom. The van der Waals surface area contributed by atoms with Crippen LogP contribution in [0.25, 0.3) is 11.0 Å². The highest BCUT2D eigenvalue weighted by molar-refractivity contribution is 7.98. The van der Waals surface area contributed by atoms with Gasteiger partial charge in [0, 0.05) is 23.4 Å². The topological polar surface area (TPSA) is 43.8 Å². The smallest absolute Gasteiger partial charge is 0.113 e. The fraction of sp³-hybridized carbons (Fsp3) is 0.500. The predicted molar refractivity (Wildman–Crippen MR) is 79.2 cm³/mol. The molecular formula is C14H19N3S. The molecule has 0 saturated heterocycles. The van der Waals surface area contributed by atoms with E-state index >= 15 is 0 Å². The number of aromatic nitrogens is 2. The number of nitrogens with two attached hydrogens (primary N) is 1. The summed E-state index contributed by atoms with van der Waals surface area (Å²) in [4.78, 5) is 4.81. The van der Waals surface area contributed by atoms with Crippen molar-refractivity contribution in [3.05, 3.63) is 24.0 Å². The Morgan fingerprint density at radius 1 is 1.50 bits per heavy atom. The minimum absolute atomic E-state index is 0.490. The molecule has 2 aromatic rings. The minimum Gasteiger partial charge on any atom is -0.399 e. The molecule has 0 radical (unpaired) electrons. The average molecular weight is 261 g/mol. The summed E-state index contributed by atoms with van der Waals surface area (Å²) in [6.07, 6.45) is 4.72. The summed E-state index contributed by atoms with van der Waals surface area (Å²) in [6, 6.07) is 6.57. The first-order valence-corrected chi connectivity index (χ1v) is 7.86. The minimum atomic E-state index is 0.490. The second kappa shape index (κ2) is 4.50. The molecule has 1 saturated carbocycles. The predicted octanol–water partition coefficient (Wildman–Crippen LogP) is 3.42. The van der Waals surface area contributed by atoms with E-state index in [0.29, 0.717) is 12.0 Å². The number of nitrogens with zero attached hydrogens (tertiary/aromatic N) is 2. The lowest BCUT2D eigenvalue weighted by Crippen LogP contribution is -2.10. The van der Waals surface area contributed by atoms with Crippen LogP contribution in [-0.2, 0) is 0 Å². The van der Waals surface area contributed by atoms with Gasteiger partial charge in [-0.05, 0) is 44.2 Å². The Labute approximate surface area is 112 Å². The molecule has 1 aliphatic carbocycles. The van der Waals surface area contributed by atoms with E-state index < -0.39 is 0 Å². The summed E-state index contributed by atoms with van der Waals surface area (Å²) >= 11 is 1.89. The van der Waals surface area contributed by atoms with Crippen molar-refractivity contribution in [1.29, 1.82) is 0 Å². The first kappa shape index (κ1) is 11.9. The highest BCUT2D eigenvalue weighted by atomic mass is 32.2. The van der Waals surface area contributed by atoms with E-state index in [4.69, 9.17) is 10.7 Å². The highest BCUT2D eigenvalue weighted by Crippen LogP contribution is 2.42. The standard InChI is InChI=1S/C14H19N3S/c1-9(8-18-2)17-13-6-5-11(15)7-12(13)16-14(17)10-3-4-10/h5-7,9-10H,3-4,8,15H2,1-2H3. The van der Waals surface area contributed by atoms with E-state index in [1.807, 2.05) is 23.9 Å². The molecule has 1 fully saturated rings. The van der Waals surface area contributed by atoms with Gasteiger partial charge in [-0.2, -0.15) is 11.8 Å². The van der Waals surface area contributed by atoms with Crippen LogP contribution in [0.1, 0.15) is 37.5 Å². The van der Waals surface area contributed by atoms with Crippen molar-refractivity contribution in [2.24, 2.45) is 0 Å². The van der Waals surface area contributed by atoms with Gasteiger partial charge in [0.15, 0.2) is 0 Å². The largest absolute Gasteiger partial charge is 0.399 e. The average Bonchev–Trinajstić information content (AvgIpc) is 3.10. The third-order valence-corrected chi connectivity index (χ3v) is 4.35. The molecule has 1 atom stereocenters. The van der Waals surface area contributed by atoms with Gasteiger partial charge in [0.05, 0.1) is 11.0 Å². The number of thioether (sulfide) groups is 1. The van der Waals surface area contributed by atoms with Crippen molar-refractivity contribution in [1.82, 2.24) is 9.55 Å². The molecule has 0 aliphatic heterocycles. The van der Waals surface area contributed by atoms with Crippen molar-refractivity contribution in [3.8, 4) is 0 Å². The summed E-state index contributed by atoms with van der Waals surface area (Å²) in [5.41, 5.74) is 8.93. The van der Waals surface area contributed by atoms with E-state index in [1.165, 1.54) is 24.2 Å². The first-order valence-electron chi connectivity index (χ1n) is 6.47. The second-order valence-corrected chi connectivity index (χ2v) is 6.08. The summed E-state index contributed by atoms with van der Waals surface area (Å²) < 4.78 is 2.42. The van der Waals surface area contributed by atoms with Gasteiger partial charge in [-0.25, -0.2) is 4.98 Å². The zero-order valence-corrected chi connectivity index (χ0v) is 11.7. The van der Waals surface area contributed by atoms with Crippen LogP contribution in [0.5, 0.6) is 0 Å². The van der Waals surface area contributed by atoms with Crippen molar-refractivity contribution >= 4 is 28.5 Å². The third-order valence-electron chi connectivity index (χ3n) is 3.53. The van der Waals surface area contributed by atoms with Crippen molar-refractivity contribution in [2.45, 2.75) is 31.7 Å². The number of fused-ring (bicyclic) bond motifs is 1. The lowest BCUT2D eigenvalue weighted by molar-refractivity contribution is 0.594. The maximum Gasteiger partial charge on any atom is 0.113 e. The van der Waals surface area contributed by atoms with Crippen LogP contribution >= 0.6 is 11.8 Å². The lowest BCUT2D eigenvalue weighted by atomic mass is 10.2. The number of anilines is 1. The molecule has 0 spiro atoms. The van der Waals surface area contributed by atoms with E-state index in [9.17, 15) is 0 Å². The van der Waals surface area contributed by atoms with E-state index in [1.54, 1.807) is 0 Å². The van der Waals surface area contributed by atoms with Gasteiger partial charge in [-0.15, -0.1) is 0 Å². The van der Waals surface area contributed by atoms with E-state index in [0.717, 1.165) is 17.0 Å². The monoisotopic (exact) mass is 261 g/mol. The molecule has 3 nitrogen and oxygen atoms in total. The Balaban J connectivity index is 2.15. The quantitative estimate of drug-likeness (QED) is 0.858. The van der Waals surface area contributed by atoms with Crippen LogP contribution in [0.2, 0.25) is 0 Å². The fourth-order valence-corrected chi connectivity index (χ4v) is 3.17. The number of nitrogen functional groups attached to an aromatic ring is 1. The van der Waals surface area contributed by atoms with Crippen LogP contribution in [0.4, 0.5) is 5.69 Å². The highest BCUT2D eigenvalue weighted by Gasteiger charge is 2.30. The Kier molecular flexibility index (Phi) is 2.98. The van der Waals surface area contributed by atoms with Crippen molar-refractivity contribution in [3.63, 3.8) is 0 Å². The summed E-state index contributed by atoms with van der Waals surface area (Å²) in [7, 11) is 0. The molecule has 0 bridgehead atoms. The molecule has 3 rings (SSSR count). The van der Waals surface area contributed by atoms with Crippen molar-refractivity contribution in [2.75, 3.05) is 17.7 Å². The molecule has 1 aromatic carbocycles. The molecule has 1 unspecified atom stereocenters. The lowest BCUT2D eigenvalue weighted by Gasteiger charge is -2.16. The number of benzene rings is 1. The molecule has 18 heavy (non-hydrogen) atoms. The van der Waals surface area contributed by atoms with Crippen molar-refractivity contribution < 1.29 is 0 Å².